The predicted molar refractivity (Wildman–Crippen MR) is 255 cm³/mol. The highest BCUT2D eigenvalue weighted by Gasteiger charge is 2.28. The zero-order valence-corrected chi connectivity index (χ0v) is 40.8. The van der Waals surface area contributed by atoms with Gasteiger partial charge in [0.05, 0.1) is 37.6 Å². The van der Waals surface area contributed by atoms with Crippen molar-refractivity contribution in [2.24, 2.45) is 0 Å². The largest absolute Gasteiger partial charge is 0.497 e. The molecule has 0 saturated heterocycles. The number of halogens is 2. The van der Waals surface area contributed by atoms with Crippen LogP contribution in [0.1, 0.15) is 76.1 Å². The highest BCUT2D eigenvalue weighted by Crippen LogP contribution is 2.52. The zero-order chi connectivity index (χ0) is 43.1. The standard InChI is InChI=1S/C45H48I2O11P2/c1-9-11-16-28-19-30(51-6)21-35(37-23-32(53-8)25-40(47)44(37)54-59(49)58-45(48)33-17-13-12-15-26(33)3)42(28)56-60-55-41-27(4)18-29(50-5)20-34(41)36-22-31(52-7)24-38(43(36)57-60)39(46)14-10-2/h12-13,15,17-25,39,49H,9-11,14,16H2,1-8H3. The zero-order valence-electron chi connectivity index (χ0n) is 34.7. The molecule has 3 atom stereocenters. The number of alkyl halides is 1. The molecule has 6 rings (SSSR count). The fourth-order valence-corrected chi connectivity index (χ4v) is 10.6. The quantitative estimate of drug-likeness (QED) is 0.0532. The van der Waals surface area contributed by atoms with Gasteiger partial charge >= 0.3 is 22.8 Å². The van der Waals surface area contributed by atoms with Crippen LogP contribution in [0.25, 0.3) is 33.1 Å². The molecule has 6 aromatic rings. The van der Waals surface area contributed by atoms with Crippen LogP contribution in [0.4, 0.5) is 0 Å². The molecule has 0 radical (unpaired) electrons. The SMILES string of the molecule is CCCCc1cc(OC)cc(-c2cc(OC)cc(I)c2OP(O)OC(=O)c2ccccc2C)c1Op1oc2c(C)cc(OC)cc2c2cc(OC)cc(C(I)CCC)c2o1. The average Bonchev–Trinajstić information content (AvgIpc) is 3.40. The van der Waals surface area contributed by atoms with Gasteiger partial charge in [-0.2, -0.15) is 0 Å². The fraction of sp³-hybridized carbons (Fsp3) is 0.311. The minimum absolute atomic E-state index is 0.0880. The van der Waals surface area contributed by atoms with Crippen LogP contribution in [-0.4, -0.2) is 39.3 Å². The number of rotatable bonds is 17. The summed E-state index contributed by atoms with van der Waals surface area (Å²) in [6, 6.07) is 22.2. The number of fused-ring (bicyclic) bond motifs is 3. The molecular weight excluding hydrogens is 1030 g/mol. The summed E-state index contributed by atoms with van der Waals surface area (Å²) < 4.78 is 56.4. The average molecular weight is 1080 g/mol. The van der Waals surface area contributed by atoms with Crippen molar-refractivity contribution >= 4 is 89.9 Å². The van der Waals surface area contributed by atoms with E-state index in [1.807, 2.05) is 49.4 Å². The summed E-state index contributed by atoms with van der Waals surface area (Å²) in [6.45, 7) is 8.04. The first-order valence-electron chi connectivity index (χ1n) is 19.4. The lowest BCUT2D eigenvalue weighted by Gasteiger charge is -2.21. The topological polar surface area (TPSA) is 128 Å². The molecule has 0 aliphatic carbocycles. The van der Waals surface area contributed by atoms with E-state index in [-0.39, 0.29) is 9.67 Å². The van der Waals surface area contributed by atoms with Crippen molar-refractivity contribution in [3.05, 3.63) is 104 Å². The van der Waals surface area contributed by atoms with Crippen LogP contribution >= 0.6 is 62.0 Å². The summed E-state index contributed by atoms with van der Waals surface area (Å²) in [5, 5.41) is 1.58. The van der Waals surface area contributed by atoms with E-state index in [1.165, 1.54) is 0 Å². The van der Waals surface area contributed by atoms with Gasteiger partial charge in [0.2, 0.25) is 0 Å². The van der Waals surface area contributed by atoms with Crippen molar-refractivity contribution in [1.29, 1.82) is 0 Å². The predicted octanol–water partition coefficient (Wildman–Crippen LogP) is 14.1. The Morgan fingerprint density at radius 2 is 1.37 bits per heavy atom. The van der Waals surface area contributed by atoms with Crippen molar-refractivity contribution in [3.63, 3.8) is 0 Å². The van der Waals surface area contributed by atoms with E-state index in [9.17, 15) is 9.69 Å². The lowest BCUT2D eigenvalue weighted by atomic mass is 9.97. The molecule has 3 unspecified atom stereocenters. The number of carbonyl (C=O) groups excluding carboxylic acids is 1. The highest BCUT2D eigenvalue weighted by molar-refractivity contribution is 14.1. The van der Waals surface area contributed by atoms with Crippen LogP contribution in [0, 0.1) is 17.4 Å². The number of hydrogen-bond donors (Lipinski definition) is 1. The summed E-state index contributed by atoms with van der Waals surface area (Å²) in [4.78, 5) is 24.4. The Morgan fingerprint density at radius 3 is 2.02 bits per heavy atom. The van der Waals surface area contributed by atoms with E-state index in [1.54, 1.807) is 65.7 Å². The molecule has 1 N–H and O–H groups in total. The first-order valence-corrected chi connectivity index (χ1v) is 23.9. The van der Waals surface area contributed by atoms with E-state index in [2.05, 4.69) is 59.0 Å². The van der Waals surface area contributed by atoms with Gasteiger partial charge in [0.15, 0.2) is 5.75 Å². The molecule has 1 aromatic heterocycles. The van der Waals surface area contributed by atoms with Crippen molar-refractivity contribution in [2.45, 2.75) is 63.7 Å². The number of methoxy groups -OCH3 is 4. The second-order valence-electron chi connectivity index (χ2n) is 13.9. The maximum Gasteiger partial charge on any atom is 0.462 e. The molecule has 0 amide bonds. The van der Waals surface area contributed by atoms with Crippen molar-refractivity contribution in [2.75, 3.05) is 28.4 Å². The lowest BCUT2D eigenvalue weighted by Crippen LogP contribution is -2.06. The van der Waals surface area contributed by atoms with Gasteiger partial charge in [-0.1, -0.05) is 67.5 Å². The third-order valence-electron chi connectivity index (χ3n) is 9.89. The van der Waals surface area contributed by atoms with Gasteiger partial charge in [0, 0.05) is 31.4 Å². The van der Waals surface area contributed by atoms with E-state index >= 15 is 0 Å². The minimum Gasteiger partial charge on any atom is -0.497 e. The van der Waals surface area contributed by atoms with Crippen molar-refractivity contribution < 1.29 is 50.6 Å². The molecule has 0 spiro atoms. The monoisotopic (exact) mass is 1080 g/mol. The van der Waals surface area contributed by atoms with Gasteiger partial charge in [-0.05, 0) is 127 Å². The highest BCUT2D eigenvalue weighted by atomic mass is 127. The molecule has 0 bridgehead atoms. The van der Waals surface area contributed by atoms with Gasteiger partial charge in [-0.3, -0.25) is 0 Å². The minimum atomic E-state index is -2.74. The van der Waals surface area contributed by atoms with E-state index in [4.69, 9.17) is 40.9 Å². The molecule has 60 heavy (non-hydrogen) atoms. The van der Waals surface area contributed by atoms with Crippen molar-refractivity contribution in [1.82, 2.24) is 0 Å². The van der Waals surface area contributed by atoms with E-state index < -0.39 is 22.8 Å². The van der Waals surface area contributed by atoms with Gasteiger partial charge in [-0.15, -0.1) is 0 Å². The third-order valence-corrected chi connectivity index (χ3v) is 13.6. The maximum atomic E-state index is 13.2. The van der Waals surface area contributed by atoms with Crippen molar-refractivity contribution in [3.8, 4) is 45.6 Å². The summed E-state index contributed by atoms with van der Waals surface area (Å²) in [6.07, 6.45) is 4.27. The van der Waals surface area contributed by atoms with Crippen LogP contribution in [-0.2, 0) is 10.9 Å². The van der Waals surface area contributed by atoms with Gasteiger partial charge in [-0.25, -0.2) is 4.79 Å². The number of benzene rings is 5. The van der Waals surface area contributed by atoms with Gasteiger partial charge in [0.25, 0.3) is 0 Å². The molecule has 0 fully saturated rings. The van der Waals surface area contributed by atoms with Crippen LogP contribution in [0.3, 0.4) is 0 Å². The number of hydrogen-bond acceptors (Lipinski definition) is 11. The molecular formula is C45H48I2O11P2. The van der Waals surface area contributed by atoms with Crippen LogP contribution in [0.15, 0.2) is 81.2 Å². The summed E-state index contributed by atoms with van der Waals surface area (Å²) in [5.74, 6) is 2.46. The summed E-state index contributed by atoms with van der Waals surface area (Å²) in [5.41, 5.74) is 5.92. The molecule has 0 aliphatic heterocycles. The van der Waals surface area contributed by atoms with E-state index in [0.717, 1.165) is 53.1 Å². The Hall–Kier alpha value is -3.88. The Kier molecular flexibility index (Phi) is 15.8. The lowest BCUT2D eigenvalue weighted by molar-refractivity contribution is 0.0717. The number of unbranched alkanes of at least 4 members (excludes halogenated alkanes) is 1. The Labute approximate surface area is 379 Å². The first-order chi connectivity index (χ1) is 28.9. The molecule has 318 valence electrons. The molecule has 5 aromatic carbocycles. The number of aryl methyl sites for hydroxylation is 3. The number of carbonyl (C=O) groups is 1. The van der Waals surface area contributed by atoms with Gasteiger partial charge < -0.3 is 45.8 Å². The Balaban J connectivity index is 1.61. The van der Waals surface area contributed by atoms with Gasteiger partial charge in [0.1, 0.15) is 39.9 Å². The fourth-order valence-electron chi connectivity index (χ4n) is 6.78. The third kappa shape index (κ3) is 10.2. The summed E-state index contributed by atoms with van der Waals surface area (Å²) in [7, 11) is 1.53. The Bertz CT molecular complexity index is 2540. The second-order valence-corrected chi connectivity index (χ2v) is 18.4. The van der Waals surface area contributed by atoms with Crippen LogP contribution in [0.5, 0.6) is 34.5 Å². The molecule has 0 saturated carbocycles. The normalized spacial score (nSPS) is 12.5. The first kappa shape index (κ1) is 45.6. The Morgan fingerprint density at radius 1 is 0.767 bits per heavy atom. The van der Waals surface area contributed by atoms with E-state index in [0.29, 0.717) is 72.2 Å². The maximum absolute atomic E-state index is 13.2. The number of ether oxygens (including phenoxy) is 4. The molecule has 0 aliphatic rings. The van der Waals surface area contributed by atoms with Crippen LogP contribution < -0.4 is 28.0 Å². The molecule has 15 heteroatoms. The smallest absolute Gasteiger partial charge is 0.462 e. The molecule has 11 nitrogen and oxygen atoms in total. The second kappa shape index (κ2) is 20.8. The van der Waals surface area contributed by atoms with Crippen LogP contribution in [0.2, 0.25) is 0 Å². The summed E-state index contributed by atoms with van der Waals surface area (Å²) >= 11 is 4.57. The molecule has 1 heterocycles.